The molecule has 2 rings (SSSR count). The lowest BCUT2D eigenvalue weighted by Crippen LogP contribution is -2.24. The topological polar surface area (TPSA) is 114 Å². The molecule has 0 aliphatic carbocycles. The van der Waals surface area contributed by atoms with E-state index in [0.29, 0.717) is 5.56 Å². The third kappa shape index (κ3) is 4.80. The number of non-ortho nitro benzene ring substituents is 1. The minimum absolute atomic E-state index is 0.0476. The zero-order valence-corrected chi connectivity index (χ0v) is 12.8. The van der Waals surface area contributed by atoms with Crippen LogP contribution in [0.25, 0.3) is 0 Å². The summed E-state index contributed by atoms with van der Waals surface area (Å²) in [5.74, 6) is -0.281. The molecule has 0 aliphatic rings. The highest BCUT2D eigenvalue weighted by Gasteiger charge is 2.08. The Labute approximate surface area is 137 Å². The summed E-state index contributed by atoms with van der Waals surface area (Å²) in [5, 5.41) is 24.0. The van der Waals surface area contributed by atoms with Gasteiger partial charge in [-0.3, -0.25) is 14.9 Å². The van der Waals surface area contributed by atoms with Crippen LogP contribution in [0.15, 0.2) is 47.6 Å². The number of aryl methyl sites for hydroxylation is 1. The first kappa shape index (κ1) is 16.9. The van der Waals surface area contributed by atoms with Crippen LogP contribution in [0.3, 0.4) is 0 Å². The van der Waals surface area contributed by atoms with Gasteiger partial charge in [0, 0.05) is 11.6 Å². The summed E-state index contributed by atoms with van der Waals surface area (Å²) in [6, 6.07) is 10.5. The van der Waals surface area contributed by atoms with Crippen LogP contribution in [0.1, 0.15) is 11.1 Å². The number of hydrazone groups is 1. The molecule has 0 radical (unpaired) electrons. The van der Waals surface area contributed by atoms with Crippen molar-refractivity contribution in [1.29, 1.82) is 0 Å². The number of nitrogens with zero attached hydrogens (tertiary/aromatic N) is 2. The Morgan fingerprint density at radius 2 is 2.17 bits per heavy atom. The largest absolute Gasteiger partial charge is 0.507 e. The molecule has 0 saturated heterocycles. The lowest BCUT2D eigenvalue weighted by molar-refractivity contribution is -0.384. The van der Waals surface area contributed by atoms with E-state index in [4.69, 9.17) is 4.74 Å². The quantitative estimate of drug-likeness (QED) is 0.479. The van der Waals surface area contributed by atoms with E-state index in [0.717, 1.165) is 5.56 Å². The molecule has 0 fully saturated rings. The third-order valence-electron chi connectivity index (χ3n) is 2.97. The van der Waals surface area contributed by atoms with Gasteiger partial charge in [0.1, 0.15) is 11.5 Å². The number of phenols is 1. The van der Waals surface area contributed by atoms with Crippen LogP contribution in [-0.2, 0) is 4.79 Å². The Morgan fingerprint density at radius 3 is 2.92 bits per heavy atom. The summed E-state index contributed by atoms with van der Waals surface area (Å²) in [4.78, 5) is 21.7. The van der Waals surface area contributed by atoms with Crippen LogP contribution < -0.4 is 10.2 Å². The molecule has 8 heteroatoms. The molecule has 0 bridgehead atoms. The van der Waals surface area contributed by atoms with Gasteiger partial charge in [-0.15, -0.1) is 0 Å². The minimum atomic E-state index is -0.550. The molecule has 0 saturated carbocycles. The van der Waals surface area contributed by atoms with E-state index >= 15 is 0 Å². The van der Waals surface area contributed by atoms with Gasteiger partial charge in [0.2, 0.25) is 0 Å². The van der Waals surface area contributed by atoms with Crippen LogP contribution in [0, 0.1) is 17.0 Å². The number of nitro benzene ring substituents is 1. The number of hydrogen-bond donors (Lipinski definition) is 2. The number of carbonyl (C=O) groups excluding carboxylic acids is 1. The fourth-order valence-electron chi connectivity index (χ4n) is 1.82. The Bertz CT molecular complexity index is 789. The van der Waals surface area contributed by atoms with Crippen molar-refractivity contribution in [3.05, 3.63) is 63.7 Å². The maximum atomic E-state index is 11.6. The van der Waals surface area contributed by atoms with Crippen molar-refractivity contribution in [3.63, 3.8) is 0 Å². The van der Waals surface area contributed by atoms with Gasteiger partial charge in [-0.2, -0.15) is 5.10 Å². The van der Waals surface area contributed by atoms with Crippen molar-refractivity contribution in [1.82, 2.24) is 5.43 Å². The molecule has 2 N–H and O–H groups in total. The van der Waals surface area contributed by atoms with Gasteiger partial charge in [0.05, 0.1) is 17.2 Å². The smallest absolute Gasteiger partial charge is 0.277 e. The summed E-state index contributed by atoms with van der Waals surface area (Å²) in [6.07, 6.45) is 1.31. The predicted molar refractivity (Wildman–Crippen MR) is 87.2 cm³/mol. The first-order chi connectivity index (χ1) is 11.5. The standard InChI is InChI=1S/C16H15N3O5/c1-11-5-6-15(20)12(7-11)9-17-18-16(21)10-24-14-4-2-3-13(8-14)19(22)23/h2-9,20H,10H2,1H3,(H,18,21)/b17-9+. The SMILES string of the molecule is Cc1ccc(O)c(/C=N/NC(=O)COc2cccc([N+](=O)[O-])c2)c1. The molecule has 24 heavy (non-hydrogen) atoms. The molecule has 2 aromatic carbocycles. The van der Waals surface area contributed by atoms with E-state index in [1.807, 2.05) is 6.92 Å². The van der Waals surface area contributed by atoms with E-state index < -0.39 is 10.8 Å². The number of amides is 1. The van der Waals surface area contributed by atoms with Crippen molar-refractivity contribution in [3.8, 4) is 11.5 Å². The van der Waals surface area contributed by atoms with Crippen LogP contribution in [0.2, 0.25) is 0 Å². The predicted octanol–water partition coefficient (Wildman–Crippen LogP) is 2.14. The Hall–Kier alpha value is -3.42. The second-order valence-corrected chi connectivity index (χ2v) is 4.90. The lowest BCUT2D eigenvalue weighted by Gasteiger charge is -2.05. The van der Waals surface area contributed by atoms with Gasteiger partial charge >= 0.3 is 0 Å². The van der Waals surface area contributed by atoms with Crippen LogP contribution >= 0.6 is 0 Å². The number of benzene rings is 2. The van der Waals surface area contributed by atoms with E-state index in [2.05, 4.69) is 10.5 Å². The molecule has 0 heterocycles. The summed E-state index contributed by atoms with van der Waals surface area (Å²) in [6.45, 7) is 1.51. The maximum Gasteiger partial charge on any atom is 0.277 e. The Balaban J connectivity index is 1.87. The monoisotopic (exact) mass is 329 g/mol. The molecule has 0 unspecified atom stereocenters. The van der Waals surface area contributed by atoms with E-state index in [9.17, 15) is 20.0 Å². The fraction of sp³-hybridized carbons (Fsp3) is 0.125. The second-order valence-electron chi connectivity index (χ2n) is 4.90. The summed E-state index contributed by atoms with van der Waals surface area (Å²) in [5.41, 5.74) is 3.53. The first-order valence-electron chi connectivity index (χ1n) is 6.94. The van der Waals surface area contributed by atoms with Gasteiger partial charge in [0.25, 0.3) is 11.6 Å². The second kappa shape index (κ2) is 7.73. The van der Waals surface area contributed by atoms with Gasteiger partial charge in [-0.05, 0) is 25.1 Å². The van der Waals surface area contributed by atoms with Gasteiger partial charge in [-0.25, -0.2) is 5.43 Å². The van der Waals surface area contributed by atoms with Crippen LogP contribution in [0.4, 0.5) is 5.69 Å². The average molecular weight is 329 g/mol. The van der Waals surface area contributed by atoms with Crippen molar-refractivity contribution in [2.75, 3.05) is 6.61 Å². The van der Waals surface area contributed by atoms with Gasteiger partial charge in [0.15, 0.2) is 6.61 Å². The summed E-state index contributed by atoms with van der Waals surface area (Å²) >= 11 is 0. The zero-order valence-electron chi connectivity index (χ0n) is 12.8. The zero-order chi connectivity index (χ0) is 17.5. The van der Waals surface area contributed by atoms with E-state index in [1.54, 1.807) is 12.1 Å². The van der Waals surface area contributed by atoms with Crippen molar-refractivity contribution in [2.24, 2.45) is 5.10 Å². The molecule has 124 valence electrons. The number of ether oxygens (including phenoxy) is 1. The van der Waals surface area contributed by atoms with Crippen molar-refractivity contribution in [2.45, 2.75) is 6.92 Å². The average Bonchev–Trinajstić information content (AvgIpc) is 2.56. The number of aromatic hydroxyl groups is 1. The molecule has 0 atom stereocenters. The molecule has 0 spiro atoms. The molecule has 1 amide bonds. The number of nitro groups is 1. The molecule has 0 aromatic heterocycles. The molecular weight excluding hydrogens is 314 g/mol. The fourth-order valence-corrected chi connectivity index (χ4v) is 1.82. The molecule has 2 aromatic rings. The van der Waals surface area contributed by atoms with Crippen LogP contribution in [-0.4, -0.2) is 28.8 Å². The van der Waals surface area contributed by atoms with E-state index in [1.165, 1.54) is 36.5 Å². The van der Waals surface area contributed by atoms with Crippen molar-refractivity contribution < 1.29 is 19.6 Å². The molecule has 8 nitrogen and oxygen atoms in total. The lowest BCUT2D eigenvalue weighted by atomic mass is 10.1. The molecule has 0 aliphatic heterocycles. The normalized spacial score (nSPS) is 10.5. The van der Waals surface area contributed by atoms with E-state index in [-0.39, 0.29) is 23.8 Å². The van der Waals surface area contributed by atoms with Gasteiger partial charge in [-0.1, -0.05) is 17.7 Å². The Morgan fingerprint density at radius 1 is 1.38 bits per heavy atom. The highest BCUT2D eigenvalue weighted by molar-refractivity contribution is 5.85. The number of rotatable bonds is 6. The number of nitrogens with one attached hydrogen (secondary N) is 1. The number of hydrogen-bond acceptors (Lipinski definition) is 6. The Kier molecular flexibility index (Phi) is 5.45. The summed E-state index contributed by atoms with van der Waals surface area (Å²) in [7, 11) is 0. The first-order valence-corrected chi connectivity index (χ1v) is 6.94. The van der Waals surface area contributed by atoms with Gasteiger partial charge < -0.3 is 9.84 Å². The summed E-state index contributed by atoms with van der Waals surface area (Å²) < 4.78 is 5.16. The molecular formula is C16H15N3O5. The number of phenolic OH excluding ortho intramolecular Hbond substituents is 1. The number of carbonyl (C=O) groups is 1. The highest BCUT2D eigenvalue weighted by atomic mass is 16.6. The maximum absolute atomic E-state index is 11.6. The highest BCUT2D eigenvalue weighted by Crippen LogP contribution is 2.19. The van der Waals surface area contributed by atoms with Crippen LogP contribution in [0.5, 0.6) is 11.5 Å². The third-order valence-corrected chi connectivity index (χ3v) is 2.97. The van der Waals surface area contributed by atoms with Crippen molar-refractivity contribution >= 4 is 17.8 Å². The minimum Gasteiger partial charge on any atom is -0.507 e.